The molecule has 4 unspecified atom stereocenters. The van der Waals surface area contributed by atoms with Crippen LogP contribution < -0.4 is 9.64 Å². The number of benzene rings is 2. The van der Waals surface area contributed by atoms with Crippen molar-refractivity contribution < 1.29 is 29.0 Å². The van der Waals surface area contributed by atoms with E-state index in [0.29, 0.717) is 38.9 Å². The van der Waals surface area contributed by atoms with Gasteiger partial charge >= 0.3 is 0 Å². The largest absolute Gasteiger partial charge is 0.504 e. The number of carbonyl (C=O) groups is 4. The summed E-state index contributed by atoms with van der Waals surface area (Å²) < 4.78 is 6.01. The number of ketones is 2. The molecule has 1 aliphatic heterocycles. The summed E-state index contributed by atoms with van der Waals surface area (Å²) in [4.78, 5) is 55.8. The maximum absolute atomic E-state index is 14.0. The highest BCUT2D eigenvalue weighted by molar-refractivity contribution is 9.10. The lowest BCUT2D eigenvalue weighted by Gasteiger charge is -2.42. The Labute approximate surface area is 239 Å². The van der Waals surface area contributed by atoms with Gasteiger partial charge in [0.15, 0.2) is 23.1 Å². The number of ether oxygens (including phenoxy) is 1. The highest BCUT2D eigenvalue weighted by atomic mass is 79.9. The number of anilines is 1. The van der Waals surface area contributed by atoms with Crippen LogP contribution in [0.15, 0.2) is 81.9 Å². The zero-order valence-corrected chi connectivity index (χ0v) is 23.5. The van der Waals surface area contributed by atoms with E-state index in [0.717, 1.165) is 11.1 Å². The van der Waals surface area contributed by atoms with E-state index in [1.807, 2.05) is 6.08 Å². The van der Waals surface area contributed by atoms with Crippen LogP contribution in [-0.2, 0) is 19.2 Å². The van der Waals surface area contributed by atoms with Gasteiger partial charge in [0.25, 0.3) is 0 Å². The van der Waals surface area contributed by atoms with Gasteiger partial charge in [-0.15, -0.1) is 0 Å². The van der Waals surface area contributed by atoms with Crippen LogP contribution in [-0.4, -0.2) is 35.6 Å². The van der Waals surface area contributed by atoms with Gasteiger partial charge in [-0.05, 0) is 61.6 Å². The third-order valence-corrected chi connectivity index (χ3v) is 9.01. The second-order valence-corrected chi connectivity index (χ2v) is 11.5. The lowest BCUT2D eigenvalue weighted by molar-refractivity contribution is -0.123. The Bertz CT molecular complexity index is 1630. The summed E-state index contributed by atoms with van der Waals surface area (Å²) in [5.41, 5.74) is 3.49. The predicted molar refractivity (Wildman–Crippen MR) is 153 cm³/mol. The molecule has 1 heterocycles. The summed E-state index contributed by atoms with van der Waals surface area (Å²) in [7, 11) is 1.44. The van der Waals surface area contributed by atoms with Gasteiger partial charge in [0, 0.05) is 32.7 Å². The Morgan fingerprint density at radius 2 is 1.80 bits per heavy atom. The van der Waals surface area contributed by atoms with Gasteiger partial charge in [0.2, 0.25) is 11.8 Å². The number of phenols is 1. The number of nitrogens with zero attached hydrogens (tertiary/aromatic N) is 1. The lowest BCUT2D eigenvalue weighted by Crippen LogP contribution is -2.39. The van der Waals surface area contributed by atoms with Crippen molar-refractivity contribution in [2.24, 2.45) is 17.8 Å². The lowest BCUT2D eigenvalue weighted by atomic mass is 9.59. The first-order valence-electron chi connectivity index (χ1n) is 13.0. The summed E-state index contributed by atoms with van der Waals surface area (Å²) >= 11 is 3.47. The van der Waals surface area contributed by atoms with Crippen LogP contribution in [0.5, 0.6) is 11.5 Å². The minimum absolute atomic E-state index is 0.143. The molecule has 6 rings (SSSR count). The molecule has 0 aromatic heterocycles. The summed E-state index contributed by atoms with van der Waals surface area (Å²) in [6.45, 7) is 5.36. The van der Waals surface area contributed by atoms with Crippen molar-refractivity contribution in [1.29, 1.82) is 0 Å². The Balaban J connectivity index is 1.51. The molecule has 2 aromatic rings. The van der Waals surface area contributed by atoms with E-state index in [1.54, 1.807) is 49.4 Å². The summed E-state index contributed by atoms with van der Waals surface area (Å²) in [5, 5.41) is 11.2. The molecule has 3 aliphatic carbocycles. The van der Waals surface area contributed by atoms with Crippen molar-refractivity contribution in [2.45, 2.75) is 25.7 Å². The fraction of sp³-hybridized carbons (Fsp3) is 0.250. The minimum Gasteiger partial charge on any atom is -0.504 e. The number of fused-ring (bicyclic) bond motifs is 3. The van der Waals surface area contributed by atoms with Crippen molar-refractivity contribution in [3.8, 4) is 11.5 Å². The minimum atomic E-state index is -0.772. The number of methoxy groups -OCH3 is 1. The zero-order chi connectivity index (χ0) is 28.5. The maximum Gasteiger partial charge on any atom is 0.238 e. The van der Waals surface area contributed by atoms with E-state index in [2.05, 4.69) is 22.5 Å². The van der Waals surface area contributed by atoms with Gasteiger partial charge < -0.3 is 9.84 Å². The quantitative estimate of drug-likeness (QED) is 0.285. The Kier molecular flexibility index (Phi) is 6.26. The Morgan fingerprint density at radius 1 is 1.07 bits per heavy atom. The molecule has 0 saturated carbocycles. The number of carbonyl (C=O) groups excluding carboxylic acids is 4. The van der Waals surface area contributed by atoms with Crippen molar-refractivity contribution in [3.05, 3.63) is 93.0 Å². The monoisotopic (exact) mass is 599 g/mol. The van der Waals surface area contributed by atoms with Gasteiger partial charge in [-0.25, -0.2) is 0 Å². The highest BCUT2D eigenvalue weighted by Crippen LogP contribution is 2.57. The van der Waals surface area contributed by atoms with E-state index in [9.17, 15) is 24.3 Å². The Morgan fingerprint density at radius 3 is 2.48 bits per heavy atom. The fourth-order valence-electron chi connectivity index (χ4n) is 6.72. The van der Waals surface area contributed by atoms with Crippen LogP contribution in [0.3, 0.4) is 0 Å². The summed E-state index contributed by atoms with van der Waals surface area (Å²) in [6.07, 6.45) is 5.43. The number of aromatic hydroxyl groups is 1. The van der Waals surface area contributed by atoms with E-state index in [-0.39, 0.29) is 41.3 Å². The highest BCUT2D eigenvalue weighted by Gasteiger charge is 2.56. The van der Waals surface area contributed by atoms with Crippen LogP contribution in [0.2, 0.25) is 0 Å². The van der Waals surface area contributed by atoms with Gasteiger partial charge in [-0.3, -0.25) is 24.1 Å². The van der Waals surface area contributed by atoms with E-state index in [1.165, 1.54) is 18.1 Å². The number of allylic oxidation sites excluding steroid dienone is 6. The molecule has 8 heteroatoms. The molecule has 2 amide bonds. The molecule has 2 aromatic carbocycles. The van der Waals surface area contributed by atoms with E-state index < -0.39 is 23.7 Å². The molecule has 202 valence electrons. The maximum atomic E-state index is 14.0. The van der Waals surface area contributed by atoms with Crippen molar-refractivity contribution >= 4 is 51.1 Å². The number of hydrogen-bond acceptors (Lipinski definition) is 6. The average Bonchev–Trinajstić information content (AvgIpc) is 3.21. The Hall–Kier alpha value is -4.04. The number of Topliss-reactive ketones (excluding diaryl/α,β-unsaturated/α-hetero) is 1. The molecule has 0 radical (unpaired) electrons. The van der Waals surface area contributed by atoms with Gasteiger partial charge in [-0.1, -0.05) is 52.4 Å². The number of hydrogen-bond donors (Lipinski definition) is 1. The summed E-state index contributed by atoms with van der Waals surface area (Å²) in [5.74, 6) is -3.63. The molecule has 4 atom stereocenters. The average molecular weight is 600 g/mol. The molecular formula is C32H26BrNO6. The van der Waals surface area contributed by atoms with E-state index in [4.69, 9.17) is 4.74 Å². The fourth-order valence-corrected chi connectivity index (χ4v) is 7.18. The first-order chi connectivity index (χ1) is 19.2. The second kappa shape index (κ2) is 9.55. The van der Waals surface area contributed by atoms with Gasteiger partial charge in [-0.2, -0.15) is 0 Å². The van der Waals surface area contributed by atoms with Gasteiger partial charge in [0.1, 0.15) is 0 Å². The number of phenolic OH excluding ortho intramolecular Hbond substituents is 1. The molecule has 1 N–H and O–H groups in total. The third-order valence-electron chi connectivity index (χ3n) is 8.55. The van der Waals surface area contributed by atoms with Crippen LogP contribution in [0, 0.1) is 17.8 Å². The van der Waals surface area contributed by atoms with Crippen molar-refractivity contribution in [1.82, 2.24) is 0 Å². The SMILES string of the molecule is C=Cc1ccc(N2C(=O)C3CC=C4C(c5cc(Br)cc(OC)c5O)C5=C(CC4C3C2=O)C(=O)C(C)=CC5=O)cc1. The zero-order valence-electron chi connectivity index (χ0n) is 21.9. The molecular weight excluding hydrogens is 574 g/mol. The molecule has 1 fully saturated rings. The number of rotatable bonds is 4. The van der Waals surface area contributed by atoms with Crippen LogP contribution in [0.25, 0.3) is 6.08 Å². The smallest absolute Gasteiger partial charge is 0.238 e. The number of halogens is 1. The standard InChI is InChI=1S/C32H26BrNO6/c1-4-16-5-7-18(8-6-16)34-31(38)20-10-9-19-21(27(20)32(34)39)14-23-28(24(35)11-15(2)29(23)36)26(19)22-12-17(33)13-25(40-3)30(22)37/h4-9,11-13,20-21,26-27,37H,1,10,14H2,2-3H3. The first kappa shape index (κ1) is 26.2. The van der Waals surface area contributed by atoms with Crippen LogP contribution in [0.1, 0.15) is 36.8 Å². The van der Waals surface area contributed by atoms with Gasteiger partial charge in [0.05, 0.1) is 24.6 Å². The molecule has 40 heavy (non-hydrogen) atoms. The third kappa shape index (κ3) is 3.77. The molecule has 0 bridgehead atoms. The summed E-state index contributed by atoms with van der Waals surface area (Å²) in [6, 6.07) is 10.4. The molecule has 1 saturated heterocycles. The molecule has 7 nitrogen and oxygen atoms in total. The van der Waals surface area contributed by atoms with Crippen molar-refractivity contribution in [3.63, 3.8) is 0 Å². The topological polar surface area (TPSA) is 101 Å². The molecule has 0 spiro atoms. The predicted octanol–water partition coefficient (Wildman–Crippen LogP) is 5.44. The molecule has 4 aliphatic rings. The number of imide groups is 1. The van der Waals surface area contributed by atoms with Crippen molar-refractivity contribution in [2.75, 3.05) is 12.0 Å². The van der Waals surface area contributed by atoms with Crippen LogP contribution in [0.4, 0.5) is 5.69 Å². The van der Waals surface area contributed by atoms with Crippen LogP contribution >= 0.6 is 15.9 Å². The normalized spacial score (nSPS) is 25.7. The number of amides is 2. The second-order valence-electron chi connectivity index (χ2n) is 10.6. The van der Waals surface area contributed by atoms with E-state index >= 15 is 0 Å². The first-order valence-corrected chi connectivity index (χ1v) is 13.8.